The first-order valence-electron chi connectivity index (χ1n) is 4.13. The van der Waals surface area contributed by atoms with Crippen LogP contribution in [0.2, 0.25) is 0 Å². The van der Waals surface area contributed by atoms with E-state index in [4.69, 9.17) is 4.74 Å². The fourth-order valence-electron chi connectivity index (χ4n) is 0.925. The van der Waals surface area contributed by atoms with E-state index in [2.05, 4.69) is 0 Å². The molecule has 0 atom stereocenters. The predicted octanol–water partition coefficient (Wildman–Crippen LogP) is 2.02. The van der Waals surface area contributed by atoms with E-state index in [-0.39, 0.29) is 6.61 Å². The Morgan fingerprint density at radius 2 is 1.92 bits per heavy atom. The summed E-state index contributed by atoms with van der Waals surface area (Å²) in [4.78, 5) is 0. The maximum Gasteiger partial charge on any atom is 0.0844 e. The Morgan fingerprint density at radius 1 is 1.17 bits per heavy atom. The zero-order valence-electron chi connectivity index (χ0n) is 7.03. The van der Waals surface area contributed by atoms with Crippen molar-refractivity contribution in [2.45, 2.75) is 13.0 Å². The maximum absolute atomic E-state index is 10.1. The van der Waals surface area contributed by atoms with Crippen LogP contribution < -0.4 is 0 Å². The minimum absolute atomic E-state index is 0.0468. The summed E-state index contributed by atoms with van der Waals surface area (Å²) in [5.41, 5.74) is 1.16. The quantitative estimate of drug-likeness (QED) is 0.614. The van der Waals surface area contributed by atoms with Gasteiger partial charge < -0.3 is 4.74 Å². The molecule has 0 amide bonds. The van der Waals surface area contributed by atoms with Crippen molar-refractivity contribution in [1.82, 2.24) is 0 Å². The summed E-state index contributed by atoms with van der Waals surface area (Å²) in [7, 11) is 0. The van der Waals surface area contributed by atoms with Gasteiger partial charge in [-0.2, -0.15) is 0 Å². The zero-order chi connectivity index (χ0) is 8.65. The molecular formula is C10H13O2. The molecule has 0 N–H and O–H groups in total. The molecule has 1 rings (SSSR count). The van der Waals surface area contributed by atoms with Gasteiger partial charge in [-0.05, 0) is 12.0 Å². The highest BCUT2D eigenvalue weighted by atomic mass is 16.5. The van der Waals surface area contributed by atoms with Crippen molar-refractivity contribution >= 4 is 0 Å². The van der Waals surface area contributed by atoms with Gasteiger partial charge in [0.25, 0.3) is 0 Å². The fourth-order valence-corrected chi connectivity index (χ4v) is 0.925. The Hall–Kier alpha value is -0.860. The third kappa shape index (κ3) is 3.51. The van der Waals surface area contributed by atoms with Crippen molar-refractivity contribution in [1.29, 1.82) is 0 Å². The van der Waals surface area contributed by atoms with Crippen LogP contribution >= 0.6 is 0 Å². The first kappa shape index (κ1) is 9.23. The molecule has 2 nitrogen and oxygen atoms in total. The second-order valence-corrected chi connectivity index (χ2v) is 2.60. The Morgan fingerprint density at radius 3 is 2.58 bits per heavy atom. The molecule has 0 aliphatic carbocycles. The van der Waals surface area contributed by atoms with Gasteiger partial charge in [0.1, 0.15) is 0 Å². The molecule has 0 aliphatic heterocycles. The van der Waals surface area contributed by atoms with Gasteiger partial charge in [0.2, 0.25) is 0 Å². The minimum Gasteiger partial charge on any atom is -0.377 e. The molecule has 12 heavy (non-hydrogen) atoms. The highest BCUT2D eigenvalue weighted by Crippen LogP contribution is 2.00. The summed E-state index contributed by atoms with van der Waals surface area (Å²) in [5.74, 6) is 0. The summed E-state index contributed by atoms with van der Waals surface area (Å²) in [5, 5.41) is 10.1. The second-order valence-electron chi connectivity index (χ2n) is 2.60. The third-order valence-corrected chi connectivity index (χ3v) is 1.54. The van der Waals surface area contributed by atoms with Crippen molar-refractivity contribution in [2.24, 2.45) is 0 Å². The van der Waals surface area contributed by atoms with Gasteiger partial charge in [-0.1, -0.05) is 30.3 Å². The van der Waals surface area contributed by atoms with Crippen molar-refractivity contribution in [2.75, 3.05) is 13.2 Å². The van der Waals surface area contributed by atoms with Gasteiger partial charge in [-0.25, -0.2) is 5.11 Å². The van der Waals surface area contributed by atoms with E-state index in [1.165, 1.54) is 0 Å². The second kappa shape index (κ2) is 5.75. The average molecular weight is 165 g/mol. The van der Waals surface area contributed by atoms with E-state index >= 15 is 0 Å². The van der Waals surface area contributed by atoms with Gasteiger partial charge in [-0.3, -0.25) is 0 Å². The van der Waals surface area contributed by atoms with Crippen LogP contribution in [0.4, 0.5) is 0 Å². The minimum atomic E-state index is -0.0468. The highest BCUT2D eigenvalue weighted by molar-refractivity contribution is 5.13. The van der Waals surface area contributed by atoms with E-state index in [1.54, 1.807) is 0 Å². The normalized spacial score (nSPS) is 10.1. The first-order chi connectivity index (χ1) is 5.93. The summed E-state index contributed by atoms with van der Waals surface area (Å²) >= 11 is 0. The molecule has 0 spiro atoms. The molecule has 1 aromatic rings. The number of benzene rings is 1. The topological polar surface area (TPSA) is 29.1 Å². The van der Waals surface area contributed by atoms with Crippen molar-refractivity contribution in [3.05, 3.63) is 35.9 Å². The Balaban J connectivity index is 2.16. The average Bonchev–Trinajstić information content (AvgIpc) is 2.14. The molecule has 0 aromatic heterocycles. The van der Waals surface area contributed by atoms with Crippen molar-refractivity contribution in [3.63, 3.8) is 0 Å². The van der Waals surface area contributed by atoms with Crippen molar-refractivity contribution in [3.8, 4) is 0 Å². The zero-order valence-corrected chi connectivity index (χ0v) is 7.03. The molecule has 1 aromatic carbocycles. The monoisotopic (exact) mass is 165 g/mol. The van der Waals surface area contributed by atoms with Crippen molar-refractivity contribution < 1.29 is 9.84 Å². The van der Waals surface area contributed by atoms with E-state index in [1.807, 2.05) is 30.3 Å². The molecular weight excluding hydrogens is 152 g/mol. The van der Waals surface area contributed by atoms with Crippen LogP contribution in [0.5, 0.6) is 0 Å². The van der Waals surface area contributed by atoms with Gasteiger partial charge in [-0.15, -0.1) is 0 Å². The Labute approximate surface area is 72.8 Å². The smallest absolute Gasteiger partial charge is 0.0844 e. The summed E-state index contributed by atoms with van der Waals surface area (Å²) in [6.07, 6.45) is 0.604. The lowest BCUT2D eigenvalue weighted by molar-refractivity contribution is 0.0893. The molecule has 0 bridgehead atoms. The lowest BCUT2D eigenvalue weighted by Crippen LogP contribution is -1.96. The van der Waals surface area contributed by atoms with Gasteiger partial charge in [0.15, 0.2) is 0 Å². The number of hydrogen-bond donors (Lipinski definition) is 0. The van der Waals surface area contributed by atoms with Crippen LogP contribution in [0, 0.1) is 0 Å². The lowest BCUT2D eigenvalue weighted by Gasteiger charge is -2.01. The van der Waals surface area contributed by atoms with Crippen LogP contribution in [-0.4, -0.2) is 13.2 Å². The molecule has 0 saturated heterocycles. The molecule has 2 heteroatoms. The fraction of sp³-hybridized carbons (Fsp3) is 0.400. The highest BCUT2D eigenvalue weighted by Gasteiger charge is 1.90. The number of ether oxygens (including phenoxy) is 1. The largest absolute Gasteiger partial charge is 0.377 e. The van der Waals surface area contributed by atoms with Crippen LogP contribution in [0.3, 0.4) is 0 Å². The standard InChI is InChI=1S/C10H13O2/c11-7-4-8-12-9-10-5-2-1-3-6-10/h1-3,5-6H,4,7-9H2. The summed E-state index contributed by atoms with van der Waals surface area (Å²) in [6, 6.07) is 9.95. The molecule has 0 heterocycles. The van der Waals surface area contributed by atoms with Gasteiger partial charge >= 0.3 is 0 Å². The SMILES string of the molecule is [O]CCCOCc1ccccc1. The van der Waals surface area contributed by atoms with E-state index in [0.717, 1.165) is 5.56 Å². The summed E-state index contributed by atoms with van der Waals surface area (Å²) in [6.45, 7) is 1.13. The molecule has 0 saturated carbocycles. The maximum atomic E-state index is 10.1. The lowest BCUT2D eigenvalue weighted by atomic mass is 10.2. The van der Waals surface area contributed by atoms with Crippen LogP contribution in [0.25, 0.3) is 0 Å². The molecule has 1 radical (unpaired) electrons. The van der Waals surface area contributed by atoms with E-state index < -0.39 is 0 Å². The molecule has 0 unspecified atom stereocenters. The van der Waals surface area contributed by atoms with Gasteiger partial charge in [0, 0.05) is 6.61 Å². The van der Waals surface area contributed by atoms with Crippen LogP contribution in [0.1, 0.15) is 12.0 Å². The van der Waals surface area contributed by atoms with E-state index in [9.17, 15) is 5.11 Å². The molecule has 65 valence electrons. The summed E-state index contributed by atoms with van der Waals surface area (Å²) < 4.78 is 5.26. The number of rotatable bonds is 5. The Kier molecular flexibility index (Phi) is 4.42. The third-order valence-electron chi connectivity index (χ3n) is 1.54. The number of hydrogen-bond acceptors (Lipinski definition) is 1. The van der Waals surface area contributed by atoms with Gasteiger partial charge in [0.05, 0.1) is 13.2 Å². The van der Waals surface area contributed by atoms with E-state index in [0.29, 0.717) is 19.6 Å². The first-order valence-corrected chi connectivity index (χ1v) is 4.13. The van der Waals surface area contributed by atoms with Crippen LogP contribution in [-0.2, 0) is 16.5 Å². The van der Waals surface area contributed by atoms with Crippen LogP contribution in [0.15, 0.2) is 30.3 Å². The Bertz CT molecular complexity index is 196. The molecule has 0 fully saturated rings. The predicted molar refractivity (Wildman–Crippen MR) is 46.3 cm³/mol. The molecule has 0 aliphatic rings.